The number of hydrogen-bond donors (Lipinski definition) is 0. The molecule has 0 unspecified atom stereocenters. The highest BCUT2D eigenvalue weighted by atomic mass is 19.4. The van der Waals surface area contributed by atoms with Crippen molar-refractivity contribution in [3.05, 3.63) is 41.6 Å². The average molecular weight is 253 g/mol. The summed E-state index contributed by atoms with van der Waals surface area (Å²) in [5, 5.41) is 0.525. The van der Waals surface area contributed by atoms with Crippen LogP contribution in [0.3, 0.4) is 0 Å². The molecule has 1 heterocycles. The quantitative estimate of drug-likeness (QED) is 0.671. The molecule has 0 atom stereocenters. The van der Waals surface area contributed by atoms with Crippen molar-refractivity contribution in [3.63, 3.8) is 0 Å². The maximum Gasteiger partial charge on any atom is 0.417 e. The molecule has 18 heavy (non-hydrogen) atoms. The van der Waals surface area contributed by atoms with E-state index in [2.05, 4.69) is 4.98 Å². The molecule has 1 nitrogen and oxygen atoms in total. The predicted molar refractivity (Wildman–Crippen MR) is 65.4 cm³/mol. The van der Waals surface area contributed by atoms with Crippen LogP contribution < -0.4 is 0 Å². The van der Waals surface area contributed by atoms with Crippen LogP contribution in [0, 0.1) is 0 Å². The van der Waals surface area contributed by atoms with Gasteiger partial charge in [0.05, 0.1) is 11.1 Å². The third-order valence-corrected chi connectivity index (χ3v) is 2.85. The Kier molecular flexibility index (Phi) is 2.84. The van der Waals surface area contributed by atoms with Crippen molar-refractivity contribution in [2.45, 2.75) is 32.4 Å². The molecule has 4 heteroatoms. The van der Waals surface area contributed by atoms with Crippen LogP contribution in [0.2, 0.25) is 0 Å². The molecule has 0 saturated heterocycles. The number of halogens is 3. The van der Waals surface area contributed by atoms with Crippen LogP contribution in [0.5, 0.6) is 0 Å². The van der Waals surface area contributed by atoms with E-state index in [0.717, 1.165) is 17.8 Å². The van der Waals surface area contributed by atoms with Crippen molar-refractivity contribution in [2.75, 3.05) is 0 Å². The van der Waals surface area contributed by atoms with E-state index in [1.54, 1.807) is 12.1 Å². The lowest BCUT2D eigenvalue weighted by atomic mass is 9.85. The second-order valence-electron chi connectivity index (χ2n) is 5.35. The lowest BCUT2D eigenvalue weighted by molar-refractivity contribution is -0.137. The highest BCUT2D eigenvalue weighted by Crippen LogP contribution is 2.33. The van der Waals surface area contributed by atoms with Crippen molar-refractivity contribution in [2.24, 2.45) is 0 Å². The fourth-order valence-electron chi connectivity index (χ4n) is 1.92. The monoisotopic (exact) mass is 253 g/mol. The van der Waals surface area contributed by atoms with Crippen LogP contribution >= 0.6 is 0 Å². The molecule has 0 bridgehead atoms. The lowest BCUT2D eigenvalue weighted by Gasteiger charge is -2.20. The zero-order valence-corrected chi connectivity index (χ0v) is 10.5. The Balaban J connectivity index is 2.68. The lowest BCUT2D eigenvalue weighted by Crippen LogP contribution is -2.13. The van der Waals surface area contributed by atoms with E-state index < -0.39 is 11.7 Å². The number of aromatic nitrogens is 1. The first-order valence-corrected chi connectivity index (χ1v) is 5.66. The summed E-state index contributed by atoms with van der Waals surface area (Å²) in [7, 11) is 0. The Hall–Kier alpha value is -1.58. The number of benzene rings is 1. The Labute approximate surface area is 104 Å². The molecular formula is C14H14F3N. The molecule has 0 spiro atoms. The van der Waals surface area contributed by atoms with Gasteiger partial charge in [-0.05, 0) is 17.0 Å². The van der Waals surface area contributed by atoms with Gasteiger partial charge in [-0.1, -0.05) is 39.0 Å². The smallest absolute Gasteiger partial charge is 0.255 e. The minimum atomic E-state index is -4.35. The van der Waals surface area contributed by atoms with E-state index in [4.69, 9.17) is 0 Å². The zero-order chi connectivity index (χ0) is 13.6. The van der Waals surface area contributed by atoms with E-state index in [-0.39, 0.29) is 5.41 Å². The van der Waals surface area contributed by atoms with Crippen LogP contribution in [-0.4, -0.2) is 4.98 Å². The molecule has 96 valence electrons. The summed E-state index contributed by atoms with van der Waals surface area (Å²) >= 11 is 0. The van der Waals surface area contributed by atoms with Gasteiger partial charge < -0.3 is 0 Å². The molecular weight excluding hydrogens is 239 g/mol. The third kappa shape index (κ3) is 2.33. The number of hydrogen-bond acceptors (Lipinski definition) is 1. The van der Waals surface area contributed by atoms with Gasteiger partial charge in [0.2, 0.25) is 0 Å². The van der Waals surface area contributed by atoms with Gasteiger partial charge in [0.15, 0.2) is 0 Å². The molecule has 0 N–H and O–H groups in total. The Morgan fingerprint density at radius 2 is 1.72 bits per heavy atom. The van der Waals surface area contributed by atoms with E-state index in [1.807, 2.05) is 26.8 Å². The number of rotatable bonds is 0. The van der Waals surface area contributed by atoms with Crippen molar-refractivity contribution in [1.82, 2.24) is 4.98 Å². The molecule has 0 saturated carbocycles. The second kappa shape index (κ2) is 3.97. The highest BCUT2D eigenvalue weighted by Gasteiger charge is 2.31. The molecule has 0 amide bonds. The molecule has 0 aliphatic carbocycles. The zero-order valence-electron chi connectivity index (χ0n) is 10.5. The fourth-order valence-corrected chi connectivity index (χ4v) is 1.92. The predicted octanol–water partition coefficient (Wildman–Crippen LogP) is 4.55. The molecule has 0 aliphatic rings. The summed E-state index contributed by atoms with van der Waals surface area (Å²) in [5.74, 6) is 0. The SMILES string of the molecule is CC(C)(C)c1cccc2cc(C(F)(F)F)cnc12. The van der Waals surface area contributed by atoms with E-state index in [1.165, 1.54) is 0 Å². The van der Waals surface area contributed by atoms with Crippen molar-refractivity contribution >= 4 is 10.9 Å². The highest BCUT2D eigenvalue weighted by molar-refractivity contribution is 5.83. The van der Waals surface area contributed by atoms with Gasteiger partial charge in [0.25, 0.3) is 0 Å². The van der Waals surface area contributed by atoms with Crippen molar-refractivity contribution in [3.8, 4) is 0 Å². The maximum atomic E-state index is 12.6. The second-order valence-corrected chi connectivity index (χ2v) is 5.35. The van der Waals surface area contributed by atoms with Crippen LogP contribution in [-0.2, 0) is 11.6 Å². The van der Waals surface area contributed by atoms with Crippen LogP contribution in [0.15, 0.2) is 30.5 Å². The standard InChI is InChI=1S/C14H14F3N/c1-13(2,3)11-6-4-5-9-7-10(14(15,16)17)8-18-12(9)11/h4-8H,1-3H3. The molecule has 2 rings (SSSR count). The maximum absolute atomic E-state index is 12.6. The number of nitrogens with zero attached hydrogens (tertiary/aromatic N) is 1. The van der Waals surface area contributed by atoms with Crippen molar-refractivity contribution < 1.29 is 13.2 Å². The summed E-state index contributed by atoms with van der Waals surface area (Å²) in [6.07, 6.45) is -3.45. The molecule has 0 radical (unpaired) electrons. The van der Waals surface area contributed by atoms with Gasteiger partial charge in [0.1, 0.15) is 0 Å². The van der Waals surface area contributed by atoms with E-state index in [9.17, 15) is 13.2 Å². The minimum absolute atomic E-state index is 0.147. The Bertz CT molecular complexity index is 580. The molecule has 1 aromatic heterocycles. The molecule has 1 aromatic carbocycles. The van der Waals surface area contributed by atoms with Crippen LogP contribution in [0.4, 0.5) is 13.2 Å². The molecule has 2 aromatic rings. The topological polar surface area (TPSA) is 12.9 Å². The summed E-state index contributed by atoms with van der Waals surface area (Å²) in [4.78, 5) is 3.99. The first-order chi connectivity index (χ1) is 8.19. The normalized spacial score (nSPS) is 13.0. The van der Waals surface area contributed by atoms with Gasteiger partial charge >= 0.3 is 6.18 Å². The van der Waals surface area contributed by atoms with Gasteiger partial charge in [-0.25, -0.2) is 0 Å². The largest absolute Gasteiger partial charge is 0.417 e. The molecule has 0 fully saturated rings. The summed E-state index contributed by atoms with van der Waals surface area (Å²) in [6.45, 7) is 6.05. The van der Waals surface area contributed by atoms with Gasteiger partial charge in [-0.3, -0.25) is 4.98 Å². The van der Waals surface area contributed by atoms with Crippen molar-refractivity contribution in [1.29, 1.82) is 0 Å². The number of alkyl halides is 3. The number of para-hydroxylation sites is 1. The van der Waals surface area contributed by atoms with E-state index in [0.29, 0.717) is 10.9 Å². The van der Waals surface area contributed by atoms with E-state index >= 15 is 0 Å². The number of fused-ring (bicyclic) bond motifs is 1. The van der Waals surface area contributed by atoms with Gasteiger partial charge in [-0.15, -0.1) is 0 Å². The molecule has 0 aliphatic heterocycles. The fraction of sp³-hybridized carbons (Fsp3) is 0.357. The van der Waals surface area contributed by atoms with Gasteiger partial charge in [0, 0.05) is 11.6 Å². The number of pyridine rings is 1. The minimum Gasteiger partial charge on any atom is -0.255 e. The van der Waals surface area contributed by atoms with Crippen LogP contribution in [0.1, 0.15) is 31.9 Å². The summed E-state index contributed by atoms with van der Waals surface area (Å²) in [5.41, 5.74) is 0.736. The first kappa shape index (κ1) is 12.9. The summed E-state index contributed by atoms with van der Waals surface area (Å²) in [6, 6.07) is 6.48. The third-order valence-electron chi connectivity index (χ3n) is 2.85. The average Bonchev–Trinajstić information content (AvgIpc) is 2.25. The van der Waals surface area contributed by atoms with Crippen LogP contribution in [0.25, 0.3) is 10.9 Å². The summed E-state index contributed by atoms with van der Waals surface area (Å²) < 4.78 is 37.8. The Morgan fingerprint density at radius 1 is 1.06 bits per heavy atom. The van der Waals surface area contributed by atoms with Gasteiger partial charge in [-0.2, -0.15) is 13.2 Å². The Morgan fingerprint density at radius 3 is 2.28 bits per heavy atom. The first-order valence-electron chi connectivity index (χ1n) is 5.66.